The summed E-state index contributed by atoms with van der Waals surface area (Å²) >= 11 is 0. The van der Waals surface area contributed by atoms with E-state index in [9.17, 15) is 0 Å². The summed E-state index contributed by atoms with van der Waals surface area (Å²) in [5, 5.41) is 0. The maximum absolute atomic E-state index is 5.62. The molecule has 0 saturated heterocycles. The molecule has 0 atom stereocenters. The lowest BCUT2D eigenvalue weighted by atomic mass is 10.3. The van der Waals surface area contributed by atoms with Gasteiger partial charge >= 0.3 is 0 Å². The van der Waals surface area contributed by atoms with Gasteiger partial charge in [0.05, 0.1) is 12.3 Å². The van der Waals surface area contributed by atoms with E-state index >= 15 is 0 Å². The first-order valence-electron chi connectivity index (χ1n) is 4.18. The van der Waals surface area contributed by atoms with Crippen molar-refractivity contribution in [3.05, 3.63) is 18.3 Å². The van der Waals surface area contributed by atoms with Gasteiger partial charge in [-0.25, -0.2) is 4.98 Å². The topological polar surface area (TPSA) is 48.1 Å². The summed E-state index contributed by atoms with van der Waals surface area (Å²) in [4.78, 5) is 4.00. The molecule has 0 aliphatic heterocycles. The largest absolute Gasteiger partial charge is 0.476 e. The van der Waals surface area contributed by atoms with Gasteiger partial charge in [-0.1, -0.05) is 13.3 Å². The molecule has 1 rings (SSSR count). The van der Waals surface area contributed by atoms with Gasteiger partial charge in [0, 0.05) is 6.20 Å². The fourth-order valence-corrected chi connectivity index (χ4v) is 0.837. The van der Waals surface area contributed by atoms with E-state index in [2.05, 4.69) is 11.9 Å². The first-order valence-corrected chi connectivity index (χ1v) is 4.18. The van der Waals surface area contributed by atoms with E-state index in [1.165, 1.54) is 0 Å². The summed E-state index contributed by atoms with van der Waals surface area (Å²) in [7, 11) is 0. The third-order valence-corrected chi connectivity index (χ3v) is 1.54. The standard InChI is InChI=1S/C9H14N2O/c1-2-3-7-12-9-8(10)5-4-6-11-9/h4-6H,2-3,7,10H2,1H3. The van der Waals surface area contributed by atoms with Crippen molar-refractivity contribution in [1.82, 2.24) is 4.98 Å². The van der Waals surface area contributed by atoms with Crippen LogP contribution >= 0.6 is 0 Å². The van der Waals surface area contributed by atoms with Gasteiger partial charge in [-0.3, -0.25) is 0 Å². The number of ether oxygens (including phenoxy) is 1. The molecule has 1 heterocycles. The minimum Gasteiger partial charge on any atom is -0.476 e. The maximum Gasteiger partial charge on any atom is 0.237 e. The predicted octanol–water partition coefficient (Wildman–Crippen LogP) is 1.84. The quantitative estimate of drug-likeness (QED) is 0.694. The van der Waals surface area contributed by atoms with Crippen LogP contribution in [0.3, 0.4) is 0 Å². The van der Waals surface area contributed by atoms with Gasteiger partial charge in [0.2, 0.25) is 5.88 Å². The number of nitrogens with zero attached hydrogens (tertiary/aromatic N) is 1. The Balaban J connectivity index is 2.46. The van der Waals surface area contributed by atoms with Crippen LogP contribution in [0.1, 0.15) is 19.8 Å². The van der Waals surface area contributed by atoms with Gasteiger partial charge in [-0.2, -0.15) is 0 Å². The molecule has 0 spiro atoms. The molecule has 0 aliphatic carbocycles. The van der Waals surface area contributed by atoms with E-state index in [1.807, 2.05) is 0 Å². The first kappa shape index (κ1) is 8.84. The highest BCUT2D eigenvalue weighted by Gasteiger charge is 1.98. The van der Waals surface area contributed by atoms with E-state index in [0.29, 0.717) is 18.2 Å². The van der Waals surface area contributed by atoms with Crippen LogP contribution in [0.25, 0.3) is 0 Å². The van der Waals surface area contributed by atoms with Gasteiger partial charge in [-0.05, 0) is 18.6 Å². The number of hydrogen-bond donors (Lipinski definition) is 1. The van der Waals surface area contributed by atoms with E-state index in [4.69, 9.17) is 10.5 Å². The summed E-state index contributed by atoms with van der Waals surface area (Å²) in [6.45, 7) is 2.81. The van der Waals surface area contributed by atoms with Crippen molar-refractivity contribution in [2.24, 2.45) is 0 Å². The van der Waals surface area contributed by atoms with Crippen molar-refractivity contribution in [2.45, 2.75) is 19.8 Å². The predicted molar refractivity (Wildman–Crippen MR) is 49.1 cm³/mol. The van der Waals surface area contributed by atoms with Crippen LogP contribution < -0.4 is 10.5 Å². The molecule has 0 aliphatic rings. The minimum atomic E-state index is 0.547. The molecule has 0 radical (unpaired) electrons. The van der Waals surface area contributed by atoms with Crippen LogP contribution in [-0.2, 0) is 0 Å². The molecule has 3 heteroatoms. The normalized spacial score (nSPS) is 9.75. The van der Waals surface area contributed by atoms with E-state index < -0.39 is 0 Å². The van der Waals surface area contributed by atoms with Crippen molar-refractivity contribution in [3.8, 4) is 5.88 Å². The van der Waals surface area contributed by atoms with E-state index in [0.717, 1.165) is 12.8 Å². The summed E-state index contributed by atoms with van der Waals surface area (Å²) < 4.78 is 5.34. The minimum absolute atomic E-state index is 0.547. The maximum atomic E-state index is 5.62. The molecular formula is C9H14N2O. The Morgan fingerprint density at radius 3 is 3.08 bits per heavy atom. The van der Waals surface area contributed by atoms with Crippen molar-refractivity contribution in [3.63, 3.8) is 0 Å². The molecular weight excluding hydrogens is 152 g/mol. The molecule has 0 fully saturated rings. The highest BCUT2D eigenvalue weighted by atomic mass is 16.5. The van der Waals surface area contributed by atoms with Crippen LogP contribution in [0.2, 0.25) is 0 Å². The van der Waals surface area contributed by atoms with Gasteiger partial charge < -0.3 is 10.5 Å². The number of hydrogen-bond acceptors (Lipinski definition) is 3. The average molecular weight is 166 g/mol. The third-order valence-electron chi connectivity index (χ3n) is 1.54. The van der Waals surface area contributed by atoms with Gasteiger partial charge in [0.25, 0.3) is 0 Å². The molecule has 1 aromatic rings. The zero-order valence-electron chi connectivity index (χ0n) is 7.29. The van der Waals surface area contributed by atoms with Gasteiger partial charge in [-0.15, -0.1) is 0 Å². The Morgan fingerprint density at radius 2 is 2.42 bits per heavy atom. The Kier molecular flexibility index (Phi) is 3.38. The van der Waals surface area contributed by atoms with Crippen molar-refractivity contribution in [1.29, 1.82) is 0 Å². The van der Waals surface area contributed by atoms with Crippen molar-refractivity contribution < 1.29 is 4.74 Å². The van der Waals surface area contributed by atoms with Crippen LogP contribution in [0.4, 0.5) is 5.69 Å². The first-order chi connectivity index (χ1) is 5.84. The monoisotopic (exact) mass is 166 g/mol. The van der Waals surface area contributed by atoms with Gasteiger partial charge in [0.15, 0.2) is 0 Å². The highest BCUT2D eigenvalue weighted by molar-refractivity contribution is 5.46. The number of aromatic nitrogens is 1. The smallest absolute Gasteiger partial charge is 0.237 e. The zero-order valence-corrected chi connectivity index (χ0v) is 7.29. The summed E-state index contributed by atoms with van der Waals surface area (Å²) in [6, 6.07) is 3.58. The molecule has 1 aromatic heterocycles. The second kappa shape index (κ2) is 4.59. The second-order valence-corrected chi connectivity index (χ2v) is 2.60. The van der Waals surface area contributed by atoms with Crippen molar-refractivity contribution >= 4 is 5.69 Å². The molecule has 0 amide bonds. The van der Waals surface area contributed by atoms with Crippen LogP contribution in [-0.4, -0.2) is 11.6 Å². The average Bonchev–Trinajstić information content (AvgIpc) is 2.09. The summed E-state index contributed by atoms with van der Waals surface area (Å²) in [6.07, 6.45) is 3.83. The SMILES string of the molecule is CCCCOc1ncccc1N. The number of unbranched alkanes of at least 4 members (excludes halogenated alkanes) is 1. The molecule has 0 unspecified atom stereocenters. The Hall–Kier alpha value is -1.25. The second-order valence-electron chi connectivity index (χ2n) is 2.60. The van der Waals surface area contributed by atoms with Crippen molar-refractivity contribution in [2.75, 3.05) is 12.3 Å². The lowest BCUT2D eigenvalue weighted by molar-refractivity contribution is 0.299. The number of nitrogens with two attached hydrogens (primary N) is 1. The fraction of sp³-hybridized carbons (Fsp3) is 0.444. The Labute approximate surface area is 72.6 Å². The molecule has 66 valence electrons. The third kappa shape index (κ3) is 2.42. The van der Waals surface area contributed by atoms with Gasteiger partial charge in [0.1, 0.15) is 0 Å². The molecule has 0 bridgehead atoms. The number of pyridine rings is 1. The molecule has 12 heavy (non-hydrogen) atoms. The highest BCUT2D eigenvalue weighted by Crippen LogP contribution is 2.15. The Morgan fingerprint density at radius 1 is 1.58 bits per heavy atom. The van der Waals surface area contributed by atoms with E-state index in [-0.39, 0.29) is 0 Å². The zero-order chi connectivity index (χ0) is 8.81. The molecule has 0 saturated carbocycles. The molecule has 0 aromatic carbocycles. The summed E-state index contributed by atoms with van der Waals surface area (Å²) in [5.74, 6) is 0.547. The Bertz CT molecular complexity index is 238. The lowest BCUT2D eigenvalue weighted by Gasteiger charge is -2.05. The molecule has 2 N–H and O–H groups in total. The number of nitrogen functional groups attached to an aromatic ring is 1. The molecule has 3 nitrogen and oxygen atoms in total. The van der Waals surface area contributed by atoms with E-state index in [1.54, 1.807) is 18.3 Å². The number of anilines is 1. The lowest BCUT2D eigenvalue weighted by Crippen LogP contribution is -2.01. The number of rotatable bonds is 4. The van der Waals surface area contributed by atoms with Crippen LogP contribution in [0, 0.1) is 0 Å². The van der Waals surface area contributed by atoms with Crippen LogP contribution in [0.15, 0.2) is 18.3 Å². The summed E-state index contributed by atoms with van der Waals surface area (Å²) in [5.41, 5.74) is 6.22. The van der Waals surface area contributed by atoms with Crippen LogP contribution in [0.5, 0.6) is 5.88 Å². The fourth-order valence-electron chi connectivity index (χ4n) is 0.837.